The van der Waals surface area contributed by atoms with Crippen LogP contribution in [0, 0.1) is 17.2 Å². The second-order valence-corrected chi connectivity index (χ2v) is 7.53. The average molecular weight is 381 g/mol. The van der Waals surface area contributed by atoms with Gasteiger partial charge in [-0.1, -0.05) is 11.6 Å². The lowest BCUT2D eigenvalue weighted by atomic mass is 9.98. The first-order valence-corrected chi connectivity index (χ1v) is 9.46. The lowest BCUT2D eigenvalue weighted by Gasteiger charge is -2.34. The minimum Gasteiger partial charge on any atom is -0.430 e. The third kappa shape index (κ3) is 3.86. The Hall–Kier alpha value is -1.89. The number of hydrogen-bond acceptors (Lipinski definition) is 7. The Labute approximate surface area is 153 Å². The van der Waals surface area contributed by atoms with Crippen molar-refractivity contribution in [2.45, 2.75) is 19.4 Å². The Morgan fingerprint density at radius 3 is 2.96 bits per heavy atom. The molecule has 1 aliphatic rings. The molecule has 0 aromatic carbocycles. The molecule has 0 amide bonds. The Kier molecular flexibility index (Phi) is 5.73. The minimum absolute atomic E-state index is 0.109. The summed E-state index contributed by atoms with van der Waals surface area (Å²) in [6, 6.07) is 3.92. The van der Waals surface area contributed by atoms with E-state index < -0.39 is 10.8 Å². The SMILES string of the molecule is CN=[S-](=O)N1CCC(CNc2ccnc3c2c(Cl)nn3CC#N)CC1. The van der Waals surface area contributed by atoms with Crippen molar-refractivity contribution in [1.82, 2.24) is 19.1 Å². The van der Waals surface area contributed by atoms with E-state index >= 15 is 0 Å². The van der Waals surface area contributed by atoms with Crippen LogP contribution < -0.4 is 5.32 Å². The smallest absolute Gasteiger partial charge is 0.162 e. The van der Waals surface area contributed by atoms with Gasteiger partial charge in [-0.3, -0.25) is 0 Å². The number of rotatable bonds is 5. The number of hydrogen-bond donors (Lipinski definition) is 1. The molecule has 2 aromatic heterocycles. The summed E-state index contributed by atoms with van der Waals surface area (Å²) in [4.78, 5) is 4.29. The van der Waals surface area contributed by atoms with E-state index in [2.05, 4.69) is 25.8 Å². The van der Waals surface area contributed by atoms with Crippen LogP contribution in [0.5, 0.6) is 0 Å². The first kappa shape index (κ1) is 17.9. The minimum atomic E-state index is -1.21. The summed E-state index contributed by atoms with van der Waals surface area (Å²) >= 11 is 6.24. The predicted octanol–water partition coefficient (Wildman–Crippen LogP) is 2.42. The van der Waals surface area contributed by atoms with Crippen molar-refractivity contribution in [3.05, 3.63) is 17.4 Å². The molecule has 0 radical (unpaired) electrons. The number of fused-ring (bicyclic) bond motifs is 1. The second kappa shape index (κ2) is 7.99. The molecule has 0 aliphatic carbocycles. The normalized spacial score (nSPS) is 17.6. The topological polar surface area (TPSA) is 99.2 Å². The largest absolute Gasteiger partial charge is 0.430 e. The van der Waals surface area contributed by atoms with Crippen LogP contribution in [0.15, 0.2) is 16.6 Å². The molecule has 2 aromatic rings. The standard InChI is InChI=1S/C15H19ClN7OS/c1-18-25(24)22-7-3-11(4-8-22)10-20-12-2-6-19-15-13(12)14(16)21-23(15)9-5-17/h2,6,11H,3-4,7-10H2,1H3,(H,19,20)/q-1. The van der Waals surface area contributed by atoms with Crippen molar-refractivity contribution in [1.29, 1.82) is 5.26 Å². The van der Waals surface area contributed by atoms with Gasteiger partial charge in [0.15, 0.2) is 10.8 Å². The molecular weight excluding hydrogens is 362 g/mol. The van der Waals surface area contributed by atoms with Crippen molar-refractivity contribution in [2.75, 3.05) is 32.0 Å². The highest BCUT2D eigenvalue weighted by Gasteiger charge is 2.18. The number of piperidine rings is 1. The van der Waals surface area contributed by atoms with Crippen molar-refractivity contribution in [3.8, 4) is 6.07 Å². The van der Waals surface area contributed by atoms with Gasteiger partial charge >= 0.3 is 0 Å². The molecule has 0 unspecified atom stereocenters. The molecule has 1 aliphatic heterocycles. The summed E-state index contributed by atoms with van der Waals surface area (Å²) in [6.45, 7) is 2.46. The molecule has 134 valence electrons. The molecule has 3 heterocycles. The fraction of sp³-hybridized carbons (Fsp3) is 0.533. The van der Waals surface area contributed by atoms with Gasteiger partial charge in [0, 0.05) is 25.5 Å². The maximum absolute atomic E-state index is 11.7. The zero-order valence-electron chi connectivity index (χ0n) is 13.9. The van der Waals surface area contributed by atoms with Crippen LogP contribution in [0.1, 0.15) is 12.8 Å². The summed E-state index contributed by atoms with van der Waals surface area (Å²) in [5, 5.41) is 17.6. The number of halogens is 1. The molecule has 0 saturated carbocycles. The lowest BCUT2D eigenvalue weighted by Crippen LogP contribution is -2.34. The van der Waals surface area contributed by atoms with Crippen molar-refractivity contribution in [3.63, 3.8) is 0 Å². The van der Waals surface area contributed by atoms with Gasteiger partial charge in [-0.25, -0.2) is 9.67 Å². The van der Waals surface area contributed by atoms with E-state index in [1.54, 1.807) is 13.2 Å². The molecule has 1 fully saturated rings. The van der Waals surface area contributed by atoms with Crippen LogP contribution in [0.25, 0.3) is 11.0 Å². The van der Waals surface area contributed by atoms with Crippen molar-refractivity contribution < 1.29 is 4.21 Å². The summed E-state index contributed by atoms with van der Waals surface area (Å²) in [5.74, 6) is 0.487. The van der Waals surface area contributed by atoms with Crippen LogP contribution in [0.4, 0.5) is 5.69 Å². The van der Waals surface area contributed by atoms with Gasteiger partial charge in [-0.05, 0) is 37.9 Å². The summed E-state index contributed by atoms with van der Waals surface area (Å²) in [6.07, 6.45) is 3.61. The summed E-state index contributed by atoms with van der Waals surface area (Å²) in [7, 11) is 0.364. The number of aromatic nitrogens is 3. The van der Waals surface area contributed by atoms with E-state index in [1.807, 2.05) is 10.4 Å². The highest BCUT2D eigenvalue weighted by molar-refractivity contribution is 7.72. The molecule has 0 atom stereocenters. The molecule has 0 spiro atoms. The van der Waals surface area contributed by atoms with Gasteiger partial charge in [0.1, 0.15) is 6.54 Å². The zero-order valence-corrected chi connectivity index (χ0v) is 15.4. The Morgan fingerprint density at radius 2 is 2.28 bits per heavy atom. The van der Waals surface area contributed by atoms with Gasteiger partial charge in [-0.2, -0.15) is 10.4 Å². The molecular formula is C15H19ClN7OS-. The van der Waals surface area contributed by atoms with E-state index in [0.29, 0.717) is 16.7 Å². The third-order valence-corrected chi connectivity index (χ3v) is 5.73. The predicted molar refractivity (Wildman–Crippen MR) is 97.3 cm³/mol. The number of anilines is 1. The Bertz CT molecular complexity index is 876. The fourth-order valence-electron chi connectivity index (χ4n) is 3.02. The maximum atomic E-state index is 11.7. The Morgan fingerprint density at radius 1 is 1.52 bits per heavy atom. The first-order chi connectivity index (χ1) is 12.1. The Balaban J connectivity index is 1.68. The first-order valence-electron chi connectivity index (χ1n) is 8.02. The van der Waals surface area contributed by atoms with Gasteiger partial charge in [-0.15, -0.1) is 10.8 Å². The van der Waals surface area contributed by atoms with Crippen molar-refractivity contribution >= 4 is 39.1 Å². The van der Waals surface area contributed by atoms with Crippen LogP contribution in [0.2, 0.25) is 5.15 Å². The van der Waals surface area contributed by atoms with E-state index in [0.717, 1.165) is 43.5 Å². The van der Waals surface area contributed by atoms with Crippen LogP contribution in [-0.4, -0.2) is 45.8 Å². The van der Waals surface area contributed by atoms with Gasteiger partial charge in [0.05, 0.1) is 11.5 Å². The molecule has 0 bridgehead atoms. The number of nitriles is 1. The van der Waals surface area contributed by atoms with E-state index in [9.17, 15) is 4.21 Å². The molecule has 25 heavy (non-hydrogen) atoms. The van der Waals surface area contributed by atoms with Crippen molar-refractivity contribution in [2.24, 2.45) is 10.3 Å². The molecule has 3 rings (SSSR count). The highest BCUT2D eigenvalue weighted by atomic mass is 35.5. The van der Waals surface area contributed by atoms with Crippen LogP contribution >= 0.6 is 11.6 Å². The maximum Gasteiger partial charge on any atom is 0.162 e. The third-order valence-electron chi connectivity index (χ3n) is 4.34. The van der Waals surface area contributed by atoms with Gasteiger partial charge in [0.25, 0.3) is 0 Å². The van der Waals surface area contributed by atoms with E-state index in [-0.39, 0.29) is 6.54 Å². The van der Waals surface area contributed by atoms with E-state index in [1.165, 1.54) is 4.68 Å². The molecule has 10 heteroatoms. The molecule has 8 nitrogen and oxygen atoms in total. The fourth-order valence-corrected chi connectivity index (χ4v) is 4.05. The summed E-state index contributed by atoms with van der Waals surface area (Å²) in [5.41, 5.74) is 1.47. The number of nitrogens with zero attached hydrogens (tertiary/aromatic N) is 6. The highest BCUT2D eigenvalue weighted by Crippen LogP contribution is 2.29. The lowest BCUT2D eigenvalue weighted by molar-refractivity contribution is 0.293. The summed E-state index contributed by atoms with van der Waals surface area (Å²) < 4.78 is 18.9. The quantitative estimate of drug-likeness (QED) is 0.803. The average Bonchev–Trinajstić information content (AvgIpc) is 2.96. The monoisotopic (exact) mass is 380 g/mol. The van der Waals surface area contributed by atoms with E-state index in [4.69, 9.17) is 16.9 Å². The van der Waals surface area contributed by atoms with Crippen LogP contribution in [0.3, 0.4) is 0 Å². The number of pyridine rings is 1. The van der Waals surface area contributed by atoms with Gasteiger partial charge < -0.3 is 18.2 Å². The van der Waals surface area contributed by atoms with Gasteiger partial charge in [0.2, 0.25) is 0 Å². The number of nitrogens with one attached hydrogen (secondary N) is 1. The zero-order chi connectivity index (χ0) is 17.8. The molecule has 1 N–H and O–H groups in total. The molecule has 1 saturated heterocycles. The second-order valence-electron chi connectivity index (χ2n) is 5.83. The van der Waals surface area contributed by atoms with Crippen LogP contribution in [-0.2, 0) is 21.5 Å².